The first-order valence-corrected chi connectivity index (χ1v) is 8.61. The Bertz CT molecular complexity index is 516. The molecule has 1 aromatic rings. The Morgan fingerprint density at radius 3 is 2.86 bits per heavy atom. The lowest BCUT2D eigenvalue weighted by Crippen LogP contribution is -2.33. The third-order valence-corrected chi connectivity index (χ3v) is 4.25. The van der Waals surface area contributed by atoms with Crippen molar-refractivity contribution < 1.29 is 14.3 Å². The third-order valence-electron chi connectivity index (χ3n) is 3.32. The minimum Gasteiger partial charge on any atom is -0.376 e. The maximum absolute atomic E-state index is 11.8. The molecule has 1 saturated heterocycles. The van der Waals surface area contributed by atoms with Crippen molar-refractivity contribution in [3.63, 3.8) is 0 Å². The molecule has 0 saturated carbocycles. The number of nitrogens with one attached hydrogen (secondary N) is 2. The lowest BCUT2D eigenvalue weighted by atomic mass is 10.2. The Morgan fingerprint density at radius 2 is 2.14 bits per heavy atom. The van der Waals surface area contributed by atoms with Crippen molar-refractivity contribution in [2.75, 3.05) is 30.0 Å². The molecular formula is C16H22N2O3S. The van der Waals surface area contributed by atoms with Gasteiger partial charge in [-0.2, -0.15) is 0 Å². The van der Waals surface area contributed by atoms with E-state index in [2.05, 4.69) is 10.6 Å². The molecule has 0 aromatic heterocycles. The first kappa shape index (κ1) is 16.8. The van der Waals surface area contributed by atoms with Crippen molar-refractivity contribution in [1.82, 2.24) is 5.32 Å². The second kappa shape index (κ2) is 8.80. The molecule has 1 aliphatic rings. The minimum atomic E-state index is -0.0949. The van der Waals surface area contributed by atoms with E-state index in [1.807, 2.05) is 31.2 Å². The fourth-order valence-electron chi connectivity index (χ4n) is 2.24. The summed E-state index contributed by atoms with van der Waals surface area (Å²) in [4.78, 5) is 23.5. The summed E-state index contributed by atoms with van der Waals surface area (Å²) >= 11 is 1.31. The van der Waals surface area contributed by atoms with Gasteiger partial charge in [-0.1, -0.05) is 12.1 Å². The van der Waals surface area contributed by atoms with E-state index >= 15 is 0 Å². The van der Waals surface area contributed by atoms with Gasteiger partial charge in [-0.3, -0.25) is 9.59 Å². The number of amides is 2. The second-order valence-corrected chi connectivity index (χ2v) is 6.34. The normalized spacial score (nSPS) is 17.2. The highest BCUT2D eigenvalue weighted by Crippen LogP contribution is 2.11. The van der Waals surface area contributed by atoms with Gasteiger partial charge in [-0.05, 0) is 37.5 Å². The molecule has 1 aliphatic heterocycles. The Labute approximate surface area is 135 Å². The smallest absolute Gasteiger partial charge is 0.234 e. The predicted molar refractivity (Wildman–Crippen MR) is 89.1 cm³/mol. The predicted octanol–water partition coefficient (Wildman–Crippen LogP) is 1.96. The van der Waals surface area contributed by atoms with Crippen LogP contribution in [-0.2, 0) is 14.3 Å². The van der Waals surface area contributed by atoms with Crippen LogP contribution in [0.4, 0.5) is 5.69 Å². The molecule has 1 atom stereocenters. The Kier molecular flexibility index (Phi) is 6.74. The summed E-state index contributed by atoms with van der Waals surface area (Å²) in [7, 11) is 0. The van der Waals surface area contributed by atoms with Crippen molar-refractivity contribution in [3.8, 4) is 0 Å². The zero-order chi connectivity index (χ0) is 15.8. The summed E-state index contributed by atoms with van der Waals surface area (Å²) in [5, 5.41) is 5.66. The summed E-state index contributed by atoms with van der Waals surface area (Å²) in [6, 6.07) is 7.64. The first-order chi connectivity index (χ1) is 10.6. The maximum Gasteiger partial charge on any atom is 0.234 e. The molecule has 2 amide bonds. The summed E-state index contributed by atoms with van der Waals surface area (Å²) in [6.45, 7) is 3.33. The van der Waals surface area contributed by atoms with Gasteiger partial charge < -0.3 is 15.4 Å². The molecule has 2 N–H and O–H groups in total. The number of carbonyl (C=O) groups is 2. The van der Waals surface area contributed by atoms with Gasteiger partial charge in [0.25, 0.3) is 0 Å². The molecule has 2 rings (SSSR count). The van der Waals surface area contributed by atoms with Crippen LogP contribution in [0.3, 0.4) is 0 Å². The number of carbonyl (C=O) groups excluding carboxylic acids is 2. The van der Waals surface area contributed by atoms with E-state index in [9.17, 15) is 9.59 Å². The highest BCUT2D eigenvalue weighted by molar-refractivity contribution is 8.00. The SMILES string of the molecule is Cc1cccc(NC(=O)CSCC(=O)NC[C@@H]2CCCO2)c1. The van der Waals surface area contributed by atoms with Crippen LogP contribution in [0.25, 0.3) is 0 Å². The zero-order valence-corrected chi connectivity index (χ0v) is 13.6. The van der Waals surface area contributed by atoms with Crippen LogP contribution in [-0.4, -0.2) is 42.6 Å². The lowest BCUT2D eigenvalue weighted by molar-refractivity contribution is -0.119. The van der Waals surface area contributed by atoms with Gasteiger partial charge in [0.2, 0.25) is 11.8 Å². The Balaban J connectivity index is 1.59. The van der Waals surface area contributed by atoms with E-state index in [0.717, 1.165) is 30.7 Å². The van der Waals surface area contributed by atoms with Gasteiger partial charge >= 0.3 is 0 Å². The number of benzene rings is 1. The number of ether oxygens (including phenoxy) is 1. The average Bonchev–Trinajstić information content (AvgIpc) is 2.98. The van der Waals surface area contributed by atoms with E-state index in [4.69, 9.17) is 4.74 Å². The summed E-state index contributed by atoms with van der Waals surface area (Å²) in [5.41, 5.74) is 1.88. The monoisotopic (exact) mass is 322 g/mol. The molecule has 120 valence electrons. The molecule has 1 aromatic carbocycles. The van der Waals surface area contributed by atoms with Gasteiger partial charge in [0.15, 0.2) is 0 Å². The molecule has 6 heteroatoms. The molecule has 0 radical (unpaired) electrons. The molecule has 5 nitrogen and oxygen atoms in total. The lowest BCUT2D eigenvalue weighted by Gasteiger charge is -2.10. The van der Waals surface area contributed by atoms with Gasteiger partial charge in [-0.15, -0.1) is 11.8 Å². The topological polar surface area (TPSA) is 67.4 Å². The Hall–Kier alpha value is -1.53. The third kappa shape index (κ3) is 6.07. The van der Waals surface area contributed by atoms with Crippen LogP contribution in [0.15, 0.2) is 24.3 Å². The van der Waals surface area contributed by atoms with Gasteiger partial charge in [0.05, 0.1) is 17.6 Å². The molecule has 22 heavy (non-hydrogen) atoms. The van der Waals surface area contributed by atoms with Crippen LogP contribution in [0.1, 0.15) is 18.4 Å². The van der Waals surface area contributed by atoms with E-state index in [0.29, 0.717) is 6.54 Å². The number of rotatable bonds is 7. The number of anilines is 1. The fourth-order valence-corrected chi connectivity index (χ4v) is 2.89. The molecule has 1 fully saturated rings. The number of thioether (sulfide) groups is 1. The molecule has 0 spiro atoms. The van der Waals surface area contributed by atoms with Gasteiger partial charge in [0, 0.05) is 18.8 Å². The van der Waals surface area contributed by atoms with Crippen LogP contribution in [0.5, 0.6) is 0 Å². The van der Waals surface area contributed by atoms with Crippen molar-refractivity contribution in [1.29, 1.82) is 0 Å². The van der Waals surface area contributed by atoms with E-state index in [1.54, 1.807) is 0 Å². The molecular weight excluding hydrogens is 300 g/mol. The van der Waals surface area contributed by atoms with Crippen molar-refractivity contribution >= 4 is 29.3 Å². The standard InChI is InChI=1S/C16H22N2O3S/c1-12-4-2-5-13(8-12)18-16(20)11-22-10-15(19)17-9-14-6-3-7-21-14/h2,4-5,8,14H,3,6-7,9-11H2,1H3,(H,17,19)(H,18,20)/t14-/m0/s1. The minimum absolute atomic E-state index is 0.0520. The van der Waals surface area contributed by atoms with Crippen molar-refractivity contribution in [3.05, 3.63) is 29.8 Å². The maximum atomic E-state index is 11.8. The summed E-state index contributed by atoms with van der Waals surface area (Å²) < 4.78 is 5.44. The molecule has 1 heterocycles. The summed E-state index contributed by atoms with van der Waals surface area (Å²) in [5.74, 6) is 0.404. The van der Waals surface area contributed by atoms with E-state index in [-0.39, 0.29) is 29.4 Å². The van der Waals surface area contributed by atoms with Gasteiger partial charge in [-0.25, -0.2) is 0 Å². The zero-order valence-electron chi connectivity index (χ0n) is 12.8. The number of aryl methyl sites for hydroxylation is 1. The number of hydrogen-bond donors (Lipinski definition) is 2. The van der Waals surface area contributed by atoms with Crippen LogP contribution in [0, 0.1) is 6.92 Å². The quantitative estimate of drug-likeness (QED) is 0.805. The van der Waals surface area contributed by atoms with Crippen molar-refractivity contribution in [2.24, 2.45) is 0 Å². The highest BCUT2D eigenvalue weighted by atomic mass is 32.2. The van der Waals surface area contributed by atoms with E-state index < -0.39 is 0 Å². The highest BCUT2D eigenvalue weighted by Gasteiger charge is 2.16. The van der Waals surface area contributed by atoms with Crippen LogP contribution < -0.4 is 10.6 Å². The average molecular weight is 322 g/mol. The Morgan fingerprint density at radius 1 is 1.32 bits per heavy atom. The van der Waals surface area contributed by atoms with Gasteiger partial charge in [0.1, 0.15) is 0 Å². The molecule has 0 aliphatic carbocycles. The van der Waals surface area contributed by atoms with Crippen LogP contribution >= 0.6 is 11.8 Å². The molecule has 0 unspecified atom stereocenters. The van der Waals surface area contributed by atoms with Crippen LogP contribution in [0.2, 0.25) is 0 Å². The summed E-state index contributed by atoms with van der Waals surface area (Å²) in [6.07, 6.45) is 2.22. The molecule has 0 bridgehead atoms. The second-order valence-electron chi connectivity index (χ2n) is 5.35. The number of hydrogen-bond acceptors (Lipinski definition) is 4. The van der Waals surface area contributed by atoms with Crippen molar-refractivity contribution in [2.45, 2.75) is 25.9 Å². The fraction of sp³-hybridized carbons (Fsp3) is 0.500. The first-order valence-electron chi connectivity index (χ1n) is 7.46. The largest absolute Gasteiger partial charge is 0.376 e. The van der Waals surface area contributed by atoms with E-state index in [1.165, 1.54) is 11.8 Å².